The van der Waals surface area contributed by atoms with Gasteiger partial charge < -0.3 is 15.2 Å². The SMILES string of the molecule is C.C.C.C.C.CNC(=O)C(C)(C)C(C)(CC(C)C(C)CCOC)C(=O)CO.[Zn]. The van der Waals surface area contributed by atoms with Crippen LogP contribution in [0.15, 0.2) is 0 Å². The molecule has 0 heterocycles. The fourth-order valence-corrected chi connectivity index (χ4v) is 2.89. The normalized spacial score (nSPS) is 13.7. The molecule has 0 aliphatic heterocycles. The number of ketones is 1. The van der Waals surface area contributed by atoms with E-state index >= 15 is 0 Å². The molecule has 0 rings (SSSR count). The van der Waals surface area contributed by atoms with Crippen LogP contribution in [-0.2, 0) is 33.8 Å². The van der Waals surface area contributed by atoms with E-state index in [0.29, 0.717) is 18.9 Å². The van der Waals surface area contributed by atoms with E-state index in [9.17, 15) is 14.7 Å². The zero-order valence-electron chi connectivity index (χ0n) is 15.9. The minimum atomic E-state index is -0.914. The third kappa shape index (κ3) is 11.0. The number of Topliss-reactive ketones (excluding diaryl/α,β-unsaturated/α-hetero) is 1. The van der Waals surface area contributed by atoms with Crippen molar-refractivity contribution in [2.75, 3.05) is 27.4 Å². The van der Waals surface area contributed by atoms with Gasteiger partial charge >= 0.3 is 0 Å². The molecule has 0 radical (unpaired) electrons. The molecular formula is C22H53NO4Zn. The van der Waals surface area contributed by atoms with E-state index in [2.05, 4.69) is 19.2 Å². The molecular weight excluding hydrogens is 408 g/mol. The predicted molar refractivity (Wildman–Crippen MR) is 121 cm³/mol. The Labute approximate surface area is 190 Å². The Bertz CT molecular complexity index is 389. The Balaban J connectivity index is -0.000000147. The van der Waals surface area contributed by atoms with E-state index in [1.54, 1.807) is 34.9 Å². The summed E-state index contributed by atoms with van der Waals surface area (Å²) in [6.45, 7) is 9.67. The molecule has 0 bridgehead atoms. The molecule has 0 spiro atoms. The van der Waals surface area contributed by atoms with Gasteiger partial charge in [0.15, 0.2) is 5.78 Å². The largest absolute Gasteiger partial charge is 0.389 e. The maximum absolute atomic E-state index is 12.4. The molecule has 2 N–H and O–H groups in total. The molecule has 5 nitrogen and oxygen atoms in total. The number of carbonyl (C=O) groups excluding carboxylic acids is 2. The van der Waals surface area contributed by atoms with Crippen LogP contribution in [0.4, 0.5) is 0 Å². The van der Waals surface area contributed by atoms with Crippen molar-refractivity contribution in [2.24, 2.45) is 22.7 Å². The van der Waals surface area contributed by atoms with Crippen molar-refractivity contribution >= 4 is 11.7 Å². The molecule has 1 amide bonds. The van der Waals surface area contributed by atoms with Crippen LogP contribution in [0, 0.1) is 22.7 Å². The maximum atomic E-state index is 12.4. The summed E-state index contributed by atoms with van der Waals surface area (Å²) in [5.74, 6) is 0.131. The van der Waals surface area contributed by atoms with Gasteiger partial charge in [-0.2, -0.15) is 0 Å². The molecule has 6 heteroatoms. The van der Waals surface area contributed by atoms with Gasteiger partial charge in [-0.15, -0.1) is 0 Å². The third-order valence-electron chi connectivity index (χ3n) is 5.41. The molecule has 0 aliphatic carbocycles. The van der Waals surface area contributed by atoms with Crippen molar-refractivity contribution in [3.8, 4) is 0 Å². The molecule has 0 aliphatic rings. The van der Waals surface area contributed by atoms with Gasteiger partial charge in [-0.25, -0.2) is 0 Å². The third-order valence-corrected chi connectivity index (χ3v) is 5.41. The number of carbonyl (C=O) groups is 2. The minimum Gasteiger partial charge on any atom is -0.389 e. The van der Waals surface area contributed by atoms with Crippen molar-refractivity contribution in [1.82, 2.24) is 5.32 Å². The monoisotopic (exact) mass is 459 g/mol. The molecule has 3 atom stereocenters. The summed E-state index contributed by atoms with van der Waals surface area (Å²) in [6.07, 6.45) is 1.46. The number of rotatable bonds is 10. The topological polar surface area (TPSA) is 75.6 Å². The van der Waals surface area contributed by atoms with Gasteiger partial charge in [-0.1, -0.05) is 71.8 Å². The molecule has 0 aromatic carbocycles. The second-order valence-electron chi connectivity index (χ2n) is 7.06. The summed E-state index contributed by atoms with van der Waals surface area (Å²) >= 11 is 0. The Morgan fingerprint density at radius 2 is 1.43 bits per heavy atom. The van der Waals surface area contributed by atoms with Crippen LogP contribution in [0.1, 0.15) is 84.6 Å². The first kappa shape index (κ1) is 46.1. The van der Waals surface area contributed by atoms with Crippen molar-refractivity contribution in [3.63, 3.8) is 0 Å². The van der Waals surface area contributed by atoms with E-state index in [-0.39, 0.29) is 74.2 Å². The number of hydrogen-bond acceptors (Lipinski definition) is 4. The van der Waals surface area contributed by atoms with Crippen LogP contribution in [0.2, 0.25) is 0 Å². The van der Waals surface area contributed by atoms with E-state index in [1.165, 1.54) is 0 Å². The summed E-state index contributed by atoms with van der Waals surface area (Å²) in [7, 11) is 3.24. The van der Waals surface area contributed by atoms with Crippen LogP contribution >= 0.6 is 0 Å². The smallest absolute Gasteiger partial charge is 0.226 e. The number of amides is 1. The van der Waals surface area contributed by atoms with Gasteiger partial charge in [0.05, 0.1) is 5.41 Å². The minimum absolute atomic E-state index is 0. The van der Waals surface area contributed by atoms with Crippen molar-refractivity contribution in [2.45, 2.75) is 84.6 Å². The maximum Gasteiger partial charge on any atom is 0.226 e. The van der Waals surface area contributed by atoms with Crippen molar-refractivity contribution in [1.29, 1.82) is 0 Å². The summed E-state index contributed by atoms with van der Waals surface area (Å²) in [6, 6.07) is 0. The van der Waals surface area contributed by atoms with Crippen molar-refractivity contribution < 1.29 is 38.9 Å². The number of aliphatic hydroxyl groups is 1. The molecule has 0 saturated heterocycles. The van der Waals surface area contributed by atoms with Crippen LogP contribution in [0.3, 0.4) is 0 Å². The standard InChI is InChI=1S/C17H33NO4.5CH4.Zn/c1-12(8-9-22-7)13(2)10-17(5,14(20)11-19)16(3,4)15(21)18-6;;;;;;/h12-13,19H,8-11H2,1-7H3,(H,18,21);5*1H4;. The second-order valence-corrected chi connectivity index (χ2v) is 7.06. The number of ether oxygens (including phenoxy) is 1. The predicted octanol–water partition coefficient (Wildman–Crippen LogP) is 5.20. The first-order chi connectivity index (χ1) is 10.1. The summed E-state index contributed by atoms with van der Waals surface area (Å²) < 4.78 is 5.11. The van der Waals surface area contributed by atoms with E-state index in [4.69, 9.17) is 4.74 Å². The van der Waals surface area contributed by atoms with Crippen LogP contribution < -0.4 is 5.32 Å². The number of hydrogen-bond donors (Lipinski definition) is 2. The molecule has 0 saturated carbocycles. The summed E-state index contributed by atoms with van der Waals surface area (Å²) in [5, 5.41) is 12.0. The quantitative estimate of drug-likeness (QED) is 0.439. The second kappa shape index (κ2) is 20.0. The van der Waals surface area contributed by atoms with Crippen molar-refractivity contribution in [3.05, 3.63) is 0 Å². The van der Waals surface area contributed by atoms with Gasteiger partial charge in [-0.3, -0.25) is 9.59 Å². The number of nitrogens with one attached hydrogen (secondary N) is 1. The number of methoxy groups -OCH3 is 1. The van der Waals surface area contributed by atoms with Crippen LogP contribution in [0.25, 0.3) is 0 Å². The molecule has 0 fully saturated rings. The Kier molecular flexibility index (Phi) is 32.9. The van der Waals surface area contributed by atoms with E-state index < -0.39 is 17.4 Å². The van der Waals surface area contributed by atoms with Crippen LogP contribution in [-0.4, -0.2) is 44.2 Å². The van der Waals surface area contributed by atoms with E-state index in [1.807, 2.05) is 0 Å². The molecule has 0 aromatic rings. The zero-order chi connectivity index (χ0) is 17.6. The Morgan fingerprint density at radius 1 is 1.00 bits per heavy atom. The fourth-order valence-electron chi connectivity index (χ4n) is 2.89. The van der Waals surface area contributed by atoms with Gasteiger partial charge in [-0.05, 0) is 24.7 Å². The number of aliphatic hydroxyl groups excluding tert-OH is 1. The Hall–Kier alpha value is -0.317. The zero-order valence-corrected chi connectivity index (χ0v) is 18.8. The molecule has 3 unspecified atom stereocenters. The average Bonchev–Trinajstić information content (AvgIpc) is 2.49. The first-order valence-electron chi connectivity index (χ1n) is 7.93. The molecule has 172 valence electrons. The van der Waals surface area contributed by atoms with Gasteiger partial charge in [0, 0.05) is 45.7 Å². The van der Waals surface area contributed by atoms with Crippen LogP contribution in [0.5, 0.6) is 0 Å². The van der Waals surface area contributed by atoms with Gasteiger partial charge in [0.25, 0.3) is 0 Å². The summed E-state index contributed by atoms with van der Waals surface area (Å²) in [4.78, 5) is 24.7. The first-order valence-corrected chi connectivity index (χ1v) is 7.93. The molecule has 28 heavy (non-hydrogen) atoms. The Morgan fingerprint density at radius 3 is 1.75 bits per heavy atom. The van der Waals surface area contributed by atoms with Gasteiger partial charge in [0.1, 0.15) is 6.61 Å². The van der Waals surface area contributed by atoms with E-state index in [0.717, 1.165) is 6.42 Å². The molecule has 0 aromatic heterocycles. The fraction of sp³-hybridized carbons (Fsp3) is 0.909. The van der Waals surface area contributed by atoms with Gasteiger partial charge in [0.2, 0.25) is 5.91 Å². The summed E-state index contributed by atoms with van der Waals surface area (Å²) in [5.41, 5.74) is -1.81. The average molecular weight is 461 g/mol.